The average Bonchev–Trinajstić information content (AvgIpc) is 3.04. The molecule has 0 saturated carbocycles. The minimum absolute atomic E-state index is 0.174. The molecule has 2 aromatic carbocycles. The molecule has 1 amide bonds. The summed E-state index contributed by atoms with van der Waals surface area (Å²) in [6, 6.07) is 8.69. The van der Waals surface area contributed by atoms with E-state index in [-0.39, 0.29) is 11.7 Å². The van der Waals surface area contributed by atoms with Crippen LogP contribution in [0.1, 0.15) is 22.3 Å². The van der Waals surface area contributed by atoms with E-state index in [1.54, 1.807) is 30.0 Å². The van der Waals surface area contributed by atoms with Crippen LogP contribution in [0.2, 0.25) is 0 Å². The summed E-state index contributed by atoms with van der Waals surface area (Å²) in [7, 11) is 0. The molecular weight excluding hydrogens is 310 g/mol. The maximum Gasteiger partial charge on any atom is 0.253 e. The smallest absolute Gasteiger partial charge is 0.253 e. The number of carbonyl (C=O) groups excluding carboxylic acids is 1. The normalized spacial score (nSPS) is 17.3. The van der Waals surface area contributed by atoms with Crippen molar-refractivity contribution < 1.29 is 13.6 Å². The Kier molecular flexibility index (Phi) is 4.62. The second-order valence-electron chi connectivity index (χ2n) is 6.30. The third-order valence-electron chi connectivity index (χ3n) is 4.60. The average molecular weight is 330 g/mol. The summed E-state index contributed by atoms with van der Waals surface area (Å²) in [5, 5.41) is 0. The molecule has 1 aliphatic rings. The number of benzene rings is 2. The molecule has 2 N–H and O–H groups in total. The predicted molar refractivity (Wildman–Crippen MR) is 89.6 cm³/mol. The zero-order chi connectivity index (χ0) is 17.3. The van der Waals surface area contributed by atoms with Crippen molar-refractivity contribution >= 4 is 5.91 Å². The van der Waals surface area contributed by atoms with Crippen LogP contribution in [0.15, 0.2) is 36.4 Å². The van der Waals surface area contributed by atoms with Crippen LogP contribution in [0.5, 0.6) is 0 Å². The molecule has 0 bridgehead atoms. The van der Waals surface area contributed by atoms with Crippen molar-refractivity contribution in [2.45, 2.75) is 13.3 Å². The highest BCUT2D eigenvalue weighted by atomic mass is 19.1. The Labute approximate surface area is 140 Å². The van der Waals surface area contributed by atoms with E-state index in [0.29, 0.717) is 47.8 Å². The topological polar surface area (TPSA) is 46.3 Å². The molecule has 1 atom stereocenters. The van der Waals surface area contributed by atoms with E-state index in [2.05, 4.69) is 0 Å². The number of rotatable bonds is 3. The van der Waals surface area contributed by atoms with Crippen LogP contribution < -0.4 is 5.73 Å². The Morgan fingerprint density at radius 3 is 2.58 bits per heavy atom. The summed E-state index contributed by atoms with van der Waals surface area (Å²) in [4.78, 5) is 14.2. The van der Waals surface area contributed by atoms with Crippen molar-refractivity contribution in [1.82, 2.24) is 4.90 Å². The molecule has 126 valence electrons. The number of nitrogens with two attached hydrogens (primary N) is 1. The van der Waals surface area contributed by atoms with Crippen molar-refractivity contribution in [3.05, 3.63) is 59.2 Å². The van der Waals surface area contributed by atoms with E-state index in [1.165, 1.54) is 18.2 Å². The number of aryl methyl sites for hydroxylation is 1. The van der Waals surface area contributed by atoms with Crippen molar-refractivity contribution in [1.29, 1.82) is 0 Å². The summed E-state index contributed by atoms with van der Waals surface area (Å²) in [6.07, 6.45) is 0.886. The van der Waals surface area contributed by atoms with Crippen LogP contribution >= 0.6 is 0 Å². The van der Waals surface area contributed by atoms with Crippen molar-refractivity contribution in [2.75, 3.05) is 19.6 Å². The van der Waals surface area contributed by atoms with E-state index in [9.17, 15) is 13.6 Å². The minimum atomic E-state index is -0.481. The summed E-state index contributed by atoms with van der Waals surface area (Å²) in [5.41, 5.74) is 7.61. The van der Waals surface area contributed by atoms with Crippen LogP contribution in [-0.4, -0.2) is 30.4 Å². The molecule has 2 aromatic rings. The monoisotopic (exact) mass is 330 g/mol. The number of carbonyl (C=O) groups is 1. The molecule has 3 nitrogen and oxygen atoms in total. The van der Waals surface area contributed by atoms with Crippen LogP contribution in [0.3, 0.4) is 0 Å². The number of hydrogen-bond acceptors (Lipinski definition) is 2. The lowest BCUT2D eigenvalue weighted by Crippen LogP contribution is -2.29. The van der Waals surface area contributed by atoms with Gasteiger partial charge >= 0.3 is 0 Å². The molecule has 0 aliphatic carbocycles. The van der Waals surface area contributed by atoms with Crippen LogP contribution in [0.25, 0.3) is 11.1 Å². The van der Waals surface area contributed by atoms with Gasteiger partial charge in [0.15, 0.2) is 0 Å². The molecule has 1 fully saturated rings. The highest BCUT2D eigenvalue weighted by Gasteiger charge is 2.26. The number of hydrogen-bond donors (Lipinski definition) is 1. The van der Waals surface area contributed by atoms with Gasteiger partial charge in [0.1, 0.15) is 11.6 Å². The third kappa shape index (κ3) is 3.17. The molecule has 0 aromatic heterocycles. The van der Waals surface area contributed by atoms with Gasteiger partial charge in [-0.2, -0.15) is 0 Å². The van der Waals surface area contributed by atoms with Gasteiger partial charge in [0.25, 0.3) is 5.91 Å². The third-order valence-corrected chi connectivity index (χ3v) is 4.60. The highest BCUT2D eigenvalue weighted by Crippen LogP contribution is 2.28. The lowest BCUT2D eigenvalue weighted by molar-refractivity contribution is 0.0787. The summed E-state index contributed by atoms with van der Waals surface area (Å²) in [5.74, 6) is -0.691. The van der Waals surface area contributed by atoms with Crippen LogP contribution in [0, 0.1) is 24.5 Å². The van der Waals surface area contributed by atoms with Crippen molar-refractivity contribution in [3.63, 3.8) is 0 Å². The lowest BCUT2D eigenvalue weighted by atomic mass is 9.98. The van der Waals surface area contributed by atoms with Gasteiger partial charge in [0.05, 0.1) is 0 Å². The molecular formula is C19H20F2N2O. The first-order chi connectivity index (χ1) is 11.5. The molecule has 5 heteroatoms. The Morgan fingerprint density at radius 1 is 1.21 bits per heavy atom. The van der Waals surface area contributed by atoms with Crippen LogP contribution in [0.4, 0.5) is 8.78 Å². The van der Waals surface area contributed by atoms with Gasteiger partial charge in [-0.05, 0) is 61.2 Å². The first-order valence-electron chi connectivity index (χ1n) is 8.05. The summed E-state index contributed by atoms with van der Waals surface area (Å²) >= 11 is 0. The van der Waals surface area contributed by atoms with E-state index in [0.717, 1.165) is 6.42 Å². The predicted octanol–water partition coefficient (Wildman–Crippen LogP) is 3.36. The molecule has 24 heavy (non-hydrogen) atoms. The van der Waals surface area contributed by atoms with E-state index in [1.807, 2.05) is 0 Å². The Hall–Kier alpha value is -2.27. The maximum absolute atomic E-state index is 14.5. The fourth-order valence-electron chi connectivity index (χ4n) is 3.19. The molecule has 1 saturated heterocycles. The van der Waals surface area contributed by atoms with Gasteiger partial charge < -0.3 is 10.6 Å². The fourth-order valence-corrected chi connectivity index (χ4v) is 3.19. The van der Waals surface area contributed by atoms with E-state index < -0.39 is 5.82 Å². The van der Waals surface area contributed by atoms with Crippen LogP contribution in [-0.2, 0) is 0 Å². The van der Waals surface area contributed by atoms with Gasteiger partial charge in [0.2, 0.25) is 0 Å². The molecule has 1 aliphatic heterocycles. The quantitative estimate of drug-likeness (QED) is 0.938. The van der Waals surface area contributed by atoms with E-state index >= 15 is 0 Å². The largest absolute Gasteiger partial charge is 0.338 e. The number of amides is 1. The zero-order valence-electron chi connectivity index (χ0n) is 13.6. The van der Waals surface area contributed by atoms with Crippen molar-refractivity contribution in [3.8, 4) is 11.1 Å². The Bertz CT molecular complexity index is 776. The summed E-state index contributed by atoms with van der Waals surface area (Å²) in [6.45, 7) is 3.56. The lowest BCUT2D eigenvalue weighted by Gasteiger charge is -2.17. The Balaban J connectivity index is 1.86. The molecule has 0 radical (unpaired) electrons. The standard InChI is InChI=1S/C19H20F2N2O/c1-12-8-15(20)3-5-16(12)17-4-2-14(9-18(17)21)19(24)23-7-6-13(10-22)11-23/h2-5,8-9,13H,6-7,10-11,22H2,1H3/t13-/m1/s1. The molecule has 0 unspecified atom stereocenters. The number of halogens is 2. The zero-order valence-corrected chi connectivity index (χ0v) is 13.6. The second kappa shape index (κ2) is 6.69. The van der Waals surface area contributed by atoms with Gasteiger partial charge in [-0.3, -0.25) is 4.79 Å². The van der Waals surface area contributed by atoms with E-state index in [4.69, 9.17) is 5.73 Å². The molecule has 0 spiro atoms. The van der Waals surface area contributed by atoms with Gasteiger partial charge in [-0.15, -0.1) is 0 Å². The first kappa shape index (κ1) is 16.6. The van der Waals surface area contributed by atoms with Gasteiger partial charge in [-0.1, -0.05) is 12.1 Å². The maximum atomic E-state index is 14.5. The fraction of sp³-hybridized carbons (Fsp3) is 0.316. The van der Waals surface area contributed by atoms with Gasteiger partial charge in [0, 0.05) is 24.2 Å². The number of nitrogens with zero attached hydrogens (tertiary/aromatic N) is 1. The summed E-state index contributed by atoms with van der Waals surface area (Å²) < 4.78 is 27.7. The minimum Gasteiger partial charge on any atom is -0.338 e. The SMILES string of the molecule is Cc1cc(F)ccc1-c1ccc(C(=O)N2CC[C@H](CN)C2)cc1F. The van der Waals surface area contributed by atoms with Crippen molar-refractivity contribution in [2.24, 2.45) is 11.7 Å². The highest BCUT2D eigenvalue weighted by molar-refractivity contribution is 5.95. The molecule has 1 heterocycles. The Morgan fingerprint density at radius 2 is 1.96 bits per heavy atom. The first-order valence-corrected chi connectivity index (χ1v) is 8.05. The number of likely N-dealkylation sites (tertiary alicyclic amines) is 1. The molecule has 3 rings (SSSR count). The second-order valence-corrected chi connectivity index (χ2v) is 6.30. The van der Waals surface area contributed by atoms with Gasteiger partial charge in [-0.25, -0.2) is 8.78 Å².